The second-order valence-electron chi connectivity index (χ2n) is 5.35. The summed E-state index contributed by atoms with van der Waals surface area (Å²) in [6.45, 7) is -0.285. The summed E-state index contributed by atoms with van der Waals surface area (Å²) in [5, 5.41) is 4.05. The summed E-state index contributed by atoms with van der Waals surface area (Å²) >= 11 is 0. The van der Waals surface area contributed by atoms with E-state index in [1.807, 2.05) is 0 Å². The number of amides is 1. The molecule has 3 rings (SSSR count). The van der Waals surface area contributed by atoms with Gasteiger partial charge in [-0.15, -0.1) is 0 Å². The zero-order chi connectivity index (χ0) is 17.8. The molecule has 8 nitrogen and oxygen atoms in total. The van der Waals surface area contributed by atoms with E-state index in [1.54, 1.807) is 42.5 Å². The van der Waals surface area contributed by atoms with E-state index in [9.17, 15) is 9.18 Å². The number of pyridine rings is 1. The number of aromatic nitrogens is 3. The van der Waals surface area contributed by atoms with Crippen LogP contribution in [0.3, 0.4) is 0 Å². The third-order valence-electron chi connectivity index (χ3n) is 3.57. The third-order valence-corrected chi connectivity index (χ3v) is 3.57. The molecule has 1 aliphatic heterocycles. The number of alkyl halides is 1. The van der Waals surface area contributed by atoms with Crippen molar-refractivity contribution in [3.8, 4) is 5.88 Å². The molecule has 2 aromatic heterocycles. The molecule has 0 saturated heterocycles. The first kappa shape index (κ1) is 16.6. The van der Waals surface area contributed by atoms with Crippen LogP contribution in [0.25, 0.3) is 0 Å². The molecule has 1 aliphatic rings. The molecule has 3 heterocycles. The van der Waals surface area contributed by atoms with Crippen LogP contribution in [-0.2, 0) is 11.8 Å². The number of aliphatic imine (C=N–C) groups is 1. The molecule has 0 aromatic carbocycles. The van der Waals surface area contributed by atoms with Gasteiger partial charge >= 0.3 is 0 Å². The van der Waals surface area contributed by atoms with Gasteiger partial charge in [0.1, 0.15) is 19.0 Å². The van der Waals surface area contributed by atoms with E-state index in [0.717, 1.165) is 0 Å². The average molecular weight is 344 g/mol. The monoisotopic (exact) mass is 344 g/mol. The normalized spacial score (nSPS) is 14.8. The number of anilines is 1. The van der Waals surface area contributed by atoms with E-state index in [0.29, 0.717) is 29.4 Å². The van der Waals surface area contributed by atoms with Crippen LogP contribution >= 0.6 is 0 Å². The van der Waals surface area contributed by atoms with Gasteiger partial charge in [-0.05, 0) is 6.07 Å². The van der Waals surface area contributed by atoms with E-state index in [4.69, 9.17) is 10.5 Å². The van der Waals surface area contributed by atoms with Crippen LogP contribution in [0, 0.1) is 0 Å². The predicted molar refractivity (Wildman–Crippen MR) is 90.6 cm³/mol. The number of hydrogen-bond donors (Lipinski definition) is 1. The molecule has 0 unspecified atom stereocenters. The number of carbonyl (C=O) groups is 1. The topological polar surface area (TPSA) is 98.6 Å². The number of carbonyl (C=O) groups excluding carboxylic acids is 1. The van der Waals surface area contributed by atoms with Gasteiger partial charge < -0.3 is 10.5 Å². The van der Waals surface area contributed by atoms with Crippen LogP contribution in [0.5, 0.6) is 5.88 Å². The van der Waals surface area contributed by atoms with Crippen molar-refractivity contribution in [1.29, 1.82) is 0 Å². The van der Waals surface area contributed by atoms with Gasteiger partial charge in [-0.1, -0.05) is 0 Å². The lowest BCUT2D eigenvalue weighted by Gasteiger charge is -2.12. The van der Waals surface area contributed by atoms with Crippen molar-refractivity contribution < 1.29 is 13.9 Å². The minimum absolute atomic E-state index is 0.0364. The first-order chi connectivity index (χ1) is 12.1. The van der Waals surface area contributed by atoms with Gasteiger partial charge in [0.25, 0.3) is 5.91 Å². The highest BCUT2D eigenvalue weighted by molar-refractivity contribution is 6.13. The molecule has 0 spiro atoms. The lowest BCUT2D eigenvalue weighted by molar-refractivity contribution is -0.114. The molecule has 2 N–H and O–H groups in total. The van der Waals surface area contributed by atoms with Crippen molar-refractivity contribution in [2.24, 2.45) is 17.8 Å². The SMILES string of the molecule is Cn1cc(N2CC(C=Nc3ccc(OCCF)nc3)=C(N)C2=O)cn1. The number of nitrogens with zero attached hydrogens (tertiary/aromatic N) is 5. The Morgan fingerprint density at radius 3 is 2.92 bits per heavy atom. The summed E-state index contributed by atoms with van der Waals surface area (Å²) in [7, 11) is 1.77. The highest BCUT2D eigenvalue weighted by Crippen LogP contribution is 2.23. The molecular weight excluding hydrogens is 327 g/mol. The van der Waals surface area contributed by atoms with Crippen LogP contribution in [0.1, 0.15) is 0 Å². The van der Waals surface area contributed by atoms with Crippen LogP contribution in [0.2, 0.25) is 0 Å². The number of hydrogen-bond acceptors (Lipinski definition) is 6. The second-order valence-corrected chi connectivity index (χ2v) is 5.35. The molecule has 0 radical (unpaired) electrons. The van der Waals surface area contributed by atoms with Gasteiger partial charge in [-0.25, -0.2) is 9.37 Å². The Labute approximate surface area is 143 Å². The Morgan fingerprint density at radius 1 is 1.44 bits per heavy atom. The smallest absolute Gasteiger partial charge is 0.274 e. The predicted octanol–water partition coefficient (Wildman–Crippen LogP) is 1.13. The molecule has 9 heteroatoms. The summed E-state index contributed by atoms with van der Waals surface area (Å²) in [5.74, 6) is 0.0525. The first-order valence-corrected chi connectivity index (χ1v) is 7.56. The fourth-order valence-corrected chi connectivity index (χ4v) is 2.31. The molecule has 0 aliphatic carbocycles. The summed E-state index contributed by atoms with van der Waals surface area (Å²) < 4.78 is 18.7. The zero-order valence-corrected chi connectivity index (χ0v) is 13.6. The van der Waals surface area contributed by atoms with Gasteiger partial charge in [-0.2, -0.15) is 5.10 Å². The lowest BCUT2D eigenvalue weighted by Crippen LogP contribution is -2.28. The minimum atomic E-state index is -0.573. The minimum Gasteiger partial charge on any atom is -0.475 e. The highest BCUT2D eigenvalue weighted by atomic mass is 19.1. The molecule has 0 saturated carbocycles. The third kappa shape index (κ3) is 3.65. The summed E-state index contributed by atoms with van der Waals surface area (Å²) in [6.07, 6.45) is 6.38. The average Bonchev–Trinajstić information content (AvgIpc) is 3.17. The van der Waals surface area contributed by atoms with Crippen LogP contribution in [-0.4, -0.2) is 46.7 Å². The Morgan fingerprint density at radius 2 is 2.28 bits per heavy atom. The standard InChI is InChI=1S/C16H17FN6O2/c1-22-10-13(8-21-22)23-9-11(15(18)16(23)24)6-19-12-2-3-14(20-7-12)25-5-4-17/h2-3,6-8,10H,4-5,9,18H2,1H3. The second kappa shape index (κ2) is 7.12. The Hall–Kier alpha value is -3.23. The number of rotatable bonds is 6. The van der Waals surface area contributed by atoms with Gasteiger partial charge in [-0.3, -0.25) is 19.4 Å². The Bertz CT molecular complexity index is 827. The Kier molecular flexibility index (Phi) is 4.73. The Balaban J connectivity index is 1.69. The fourth-order valence-electron chi connectivity index (χ4n) is 2.31. The van der Waals surface area contributed by atoms with E-state index in [-0.39, 0.29) is 18.2 Å². The van der Waals surface area contributed by atoms with E-state index < -0.39 is 6.67 Å². The van der Waals surface area contributed by atoms with Crippen molar-refractivity contribution in [2.45, 2.75) is 0 Å². The summed E-state index contributed by atoms with van der Waals surface area (Å²) in [6, 6.07) is 3.28. The zero-order valence-electron chi connectivity index (χ0n) is 13.6. The van der Waals surface area contributed by atoms with Gasteiger partial charge in [0, 0.05) is 31.1 Å². The van der Waals surface area contributed by atoms with Crippen LogP contribution in [0.4, 0.5) is 15.8 Å². The molecule has 0 fully saturated rings. The molecule has 1 amide bonds. The maximum atomic E-state index is 12.3. The van der Waals surface area contributed by atoms with Crippen molar-refractivity contribution in [2.75, 3.05) is 24.7 Å². The van der Waals surface area contributed by atoms with Crippen LogP contribution < -0.4 is 15.4 Å². The van der Waals surface area contributed by atoms with Gasteiger partial charge in [0.05, 0.1) is 30.3 Å². The van der Waals surface area contributed by atoms with E-state index in [2.05, 4.69) is 15.1 Å². The first-order valence-electron chi connectivity index (χ1n) is 7.56. The largest absolute Gasteiger partial charge is 0.475 e. The highest BCUT2D eigenvalue weighted by Gasteiger charge is 2.29. The van der Waals surface area contributed by atoms with Crippen molar-refractivity contribution in [3.63, 3.8) is 0 Å². The van der Waals surface area contributed by atoms with E-state index >= 15 is 0 Å². The van der Waals surface area contributed by atoms with Crippen LogP contribution in [0.15, 0.2) is 47.0 Å². The van der Waals surface area contributed by atoms with Crippen molar-refractivity contribution in [3.05, 3.63) is 42.0 Å². The van der Waals surface area contributed by atoms with Crippen molar-refractivity contribution in [1.82, 2.24) is 14.8 Å². The lowest BCUT2D eigenvalue weighted by atomic mass is 10.2. The summed E-state index contributed by atoms with van der Waals surface area (Å²) in [4.78, 5) is 22.1. The van der Waals surface area contributed by atoms with Gasteiger partial charge in [0.15, 0.2) is 0 Å². The number of halogens is 1. The maximum Gasteiger partial charge on any atom is 0.274 e. The number of aryl methyl sites for hydroxylation is 1. The quantitative estimate of drug-likeness (QED) is 0.792. The maximum absolute atomic E-state index is 12.3. The molecule has 0 atom stereocenters. The molecule has 25 heavy (non-hydrogen) atoms. The molecule has 130 valence electrons. The van der Waals surface area contributed by atoms with Gasteiger partial charge in [0.2, 0.25) is 5.88 Å². The van der Waals surface area contributed by atoms with Crippen molar-refractivity contribution >= 4 is 23.5 Å². The molecular formula is C16H17FN6O2. The molecule has 2 aromatic rings. The fraction of sp³-hybridized carbons (Fsp3) is 0.250. The molecule has 0 bridgehead atoms. The van der Waals surface area contributed by atoms with E-state index in [1.165, 1.54) is 11.1 Å². The number of nitrogens with two attached hydrogens (primary N) is 1. The summed E-state index contributed by atoms with van der Waals surface area (Å²) in [5.41, 5.74) is 7.92. The number of ether oxygens (including phenoxy) is 1.